The zero-order valence-corrected chi connectivity index (χ0v) is 18.3. The van der Waals surface area contributed by atoms with Crippen molar-refractivity contribution in [3.05, 3.63) is 69.2 Å². The molecule has 1 heterocycles. The maximum absolute atomic E-state index is 12.6. The van der Waals surface area contributed by atoms with Crippen molar-refractivity contribution in [2.75, 3.05) is 0 Å². The minimum absolute atomic E-state index is 0.118. The van der Waals surface area contributed by atoms with Gasteiger partial charge in [0, 0.05) is 17.4 Å². The molecule has 3 aromatic rings. The highest BCUT2D eigenvalue weighted by molar-refractivity contribution is 9.10. The summed E-state index contributed by atoms with van der Waals surface area (Å²) in [5, 5.41) is 3.50. The number of aromatic nitrogens is 2. The molecular weight excluding hydrogens is 434 g/mol. The van der Waals surface area contributed by atoms with Crippen LogP contribution in [0, 0.1) is 0 Å². The maximum atomic E-state index is 12.6. The molecule has 1 amide bonds. The summed E-state index contributed by atoms with van der Waals surface area (Å²) in [6.45, 7) is 6.16. The normalized spacial score (nSPS) is 12.2. The number of ether oxygens (including phenoxy) is 1. The number of nitrogens with one attached hydrogen (secondary N) is 1. The van der Waals surface area contributed by atoms with Crippen molar-refractivity contribution in [3.8, 4) is 5.75 Å². The topological polar surface area (TPSA) is 73.2 Å². The predicted molar refractivity (Wildman–Crippen MR) is 117 cm³/mol. The number of aryl methyl sites for hydroxylation is 1. The molecule has 0 fully saturated rings. The number of hydrogen-bond acceptors (Lipinski definition) is 4. The molecular formula is C22H24BrN3O3. The van der Waals surface area contributed by atoms with Gasteiger partial charge >= 0.3 is 0 Å². The van der Waals surface area contributed by atoms with E-state index in [0.717, 1.165) is 15.8 Å². The van der Waals surface area contributed by atoms with E-state index in [1.54, 1.807) is 12.1 Å². The predicted octanol–water partition coefficient (Wildman–Crippen LogP) is 4.21. The Morgan fingerprint density at radius 2 is 1.90 bits per heavy atom. The fourth-order valence-corrected chi connectivity index (χ4v) is 3.38. The van der Waals surface area contributed by atoms with Crippen molar-refractivity contribution in [2.24, 2.45) is 0 Å². The summed E-state index contributed by atoms with van der Waals surface area (Å²) in [5.41, 5.74) is 1.47. The van der Waals surface area contributed by atoms with Crippen molar-refractivity contribution < 1.29 is 9.53 Å². The number of nitrogens with zero attached hydrogens (tertiary/aromatic N) is 2. The van der Waals surface area contributed by atoms with Gasteiger partial charge in [-0.2, -0.15) is 0 Å². The highest BCUT2D eigenvalue weighted by Crippen LogP contribution is 2.19. The number of halogens is 1. The summed E-state index contributed by atoms with van der Waals surface area (Å²) in [5.74, 6) is 0.679. The molecule has 0 aliphatic heterocycles. The summed E-state index contributed by atoms with van der Waals surface area (Å²) in [6, 6.07) is 12.9. The first-order valence-corrected chi connectivity index (χ1v) is 10.3. The second-order valence-electron chi connectivity index (χ2n) is 7.18. The summed E-state index contributed by atoms with van der Waals surface area (Å²) < 4.78 is 7.93. The Morgan fingerprint density at radius 1 is 1.17 bits per heavy atom. The van der Waals surface area contributed by atoms with Crippen LogP contribution in [0.3, 0.4) is 0 Å². The average Bonchev–Trinajstić information content (AvgIpc) is 2.68. The van der Waals surface area contributed by atoms with E-state index in [4.69, 9.17) is 4.74 Å². The first-order valence-electron chi connectivity index (χ1n) is 9.54. The highest BCUT2D eigenvalue weighted by Gasteiger charge is 2.11. The molecule has 1 unspecified atom stereocenters. The monoisotopic (exact) mass is 457 g/mol. The fraction of sp³-hybridized carbons (Fsp3) is 0.318. The lowest BCUT2D eigenvalue weighted by atomic mass is 10.1. The minimum Gasteiger partial charge on any atom is -0.491 e. The zero-order valence-electron chi connectivity index (χ0n) is 16.7. The molecule has 0 saturated heterocycles. The van der Waals surface area contributed by atoms with Gasteiger partial charge in [-0.3, -0.25) is 14.2 Å². The van der Waals surface area contributed by atoms with E-state index in [2.05, 4.69) is 26.2 Å². The Labute approximate surface area is 178 Å². The molecule has 0 spiro atoms. The Kier molecular flexibility index (Phi) is 6.69. The van der Waals surface area contributed by atoms with Gasteiger partial charge in [0.15, 0.2) is 0 Å². The van der Waals surface area contributed by atoms with Crippen molar-refractivity contribution in [3.63, 3.8) is 0 Å². The van der Waals surface area contributed by atoms with E-state index in [0.29, 0.717) is 10.9 Å². The summed E-state index contributed by atoms with van der Waals surface area (Å²) in [6.07, 6.45) is 1.80. The number of carbonyl (C=O) groups excluding carboxylic acids is 1. The van der Waals surface area contributed by atoms with E-state index < -0.39 is 0 Å². The van der Waals surface area contributed by atoms with E-state index >= 15 is 0 Å². The molecule has 0 bridgehead atoms. The average molecular weight is 458 g/mol. The fourth-order valence-electron chi connectivity index (χ4n) is 3.02. The van der Waals surface area contributed by atoms with E-state index in [1.165, 1.54) is 10.9 Å². The Morgan fingerprint density at radius 3 is 2.59 bits per heavy atom. The number of hydrogen-bond donors (Lipinski definition) is 1. The third kappa shape index (κ3) is 5.44. The van der Waals surface area contributed by atoms with Gasteiger partial charge in [-0.05, 0) is 56.7 Å². The SMILES string of the molecule is CC(C)Oc1ccc(C(C)NC(=O)CCn2cnc3ccc(Br)cc3c2=O)cc1. The highest BCUT2D eigenvalue weighted by atomic mass is 79.9. The lowest BCUT2D eigenvalue weighted by Crippen LogP contribution is -2.29. The lowest BCUT2D eigenvalue weighted by Gasteiger charge is -2.16. The van der Waals surface area contributed by atoms with Crippen LogP contribution in [0.25, 0.3) is 10.9 Å². The molecule has 3 rings (SSSR count). The van der Waals surface area contributed by atoms with Crippen LogP contribution in [-0.4, -0.2) is 21.6 Å². The van der Waals surface area contributed by atoms with Crippen molar-refractivity contribution in [2.45, 2.75) is 45.9 Å². The molecule has 0 radical (unpaired) electrons. The zero-order chi connectivity index (χ0) is 21.0. The molecule has 1 aromatic heterocycles. The Balaban J connectivity index is 1.60. The van der Waals surface area contributed by atoms with E-state index in [1.807, 2.05) is 51.1 Å². The minimum atomic E-state index is -0.155. The van der Waals surface area contributed by atoms with E-state index in [9.17, 15) is 9.59 Å². The standard InChI is InChI=1S/C22H24BrN3O3/c1-14(2)29-18-7-4-16(5-8-18)15(3)25-21(27)10-11-26-13-24-20-9-6-17(23)12-19(20)22(26)28/h4-9,12-15H,10-11H2,1-3H3,(H,25,27). The van der Waals surface area contributed by atoms with E-state index in [-0.39, 0.29) is 36.6 Å². The third-order valence-corrected chi connectivity index (χ3v) is 4.99. The summed E-state index contributed by atoms with van der Waals surface area (Å²) in [7, 11) is 0. The summed E-state index contributed by atoms with van der Waals surface area (Å²) in [4.78, 5) is 29.3. The summed E-state index contributed by atoms with van der Waals surface area (Å²) >= 11 is 3.37. The molecule has 1 N–H and O–H groups in total. The molecule has 7 heteroatoms. The van der Waals surface area contributed by atoms with Gasteiger partial charge in [-0.25, -0.2) is 4.98 Å². The molecule has 0 aliphatic rings. The Hall–Kier alpha value is -2.67. The van der Waals surface area contributed by atoms with Gasteiger partial charge < -0.3 is 10.1 Å². The smallest absolute Gasteiger partial charge is 0.261 e. The van der Waals surface area contributed by atoms with Crippen LogP contribution in [0.5, 0.6) is 5.75 Å². The third-order valence-electron chi connectivity index (χ3n) is 4.50. The largest absolute Gasteiger partial charge is 0.491 e. The van der Waals surface area contributed by atoms with Crippen LogP contribution in [0.1, 0.15) is 38.8 Å². The molecule has 0 aliphatic carbocycles. The first-order chi connectivity index (χ1) is 13.8. The van der Waals surface area contributed by atoms with Gasteiger partial charge in [0.05, 0.1) is 29.4 Å². The molecule has 6 nitrogen and oxygen atoms in total. The quantitative estimate of drug-likeness (QED) is 0.576. The molecule has 0 saturated carbocycles. The first kappa shape index (κ1) is 21.0. The van der Waals surface area contributed by atoms with Gasteiger partial charge in [0.2, 0.25) is 5.91 Å². The molecule has 1 atom stereocenters. The number of carbonyl (C=O) groups is 1. The van der Waals surface area contributed by atoms with Crippen LogP contribution in [0.4, 0.5) is 0 Å². The van der Waals surface area contributed by atoms with Gasteiger partial charge in [0.1, 0.15) is 5.75 Å². The van der Waals surface area contributed by atoms with Gasteiger partial charge in [-0.15, -0.1) is 0 Å². The Bertz CT molecular complexity index is 1060. The van der Waals surface area contributed by atoms with Crippen molar-refractivity contribution in [1.82, 2.24) is 14.9 Å². The van der Waals surface area contributed by atoms with Crippen LogP contribution in [0.2, 0.25) is 0 Å². The van der Waals surface area contributed by atoms with Crippen LogP contribution >= 0.6 is 15.9 Å². The molecule has 152 valence electrons. The van der Waals surface area contributed by atoms with Crippen molar-refractivity contribution in [1.29, 1.82) is 0 Å². The second kappa shape index (κ2) is 9.22. The van der Waals surface area contributed by atoms with Crippen molar-refractivity contribution >= 4 is 32.7 Å². The number of amides is 1. The van der Waals surface area contributed by atoms with Gasteiger partial charge in [-0.1, -0.05) is 28.1 Å². The van der Waals surface area contributed by atoms with Crippen LogP contribution in [0.15, 0.2) is 58.1 Å². The molecule has 2 aromatic carbocycles. The van der Waals surface area contributed by atoms with Crippen LogP contribution in [-0.2, 0) is 11.3 Å². The number of benzene rings is 2. The van der Waals surface area contributed by atoms with Crippen LogP contribution < -0.4 is 15.6 Å². The number of rotatable bonds is 7. The second-order valence-corrected chi connectivity index (χ2v) is 8.10. The van der Waals surface area contributed by atoms with Gasteiger partial charge in [0.25, 0.3) is 5.56 Å². The number of fused-ring (bicyclic) bond motifs is 1. The lowest BCUT2D eigenvalue weighted by molar-refractivity contribution is -0.121. The molecule has 29 heavy (non-hydrogen) atoms. The maximum Gasteiger partial charge on any atom is 0.261 e.